The van der Waals surface area contributed by atoms with Gasteiger partial charge >= 0.3 is 0 Å². The lowest BCUT2D eigenvalue weighted by molar-refractivity contribution is 0.517. The van der Waals surface area contributed by atoms with Crippen LogP contribution < -0.4 is 0 Å². The predicted octanol–water partition coefficient (Wildman–Crippen LogP) is 6.00. The first-order valence-electron chi connectivity index (χ1n) is 7.24. The van der Waals surface area contributed by atoms with Gasteiger partial charge in [-0.05, 0) is 15.1 Å². The Labute approximate surface area is 104 Å². The molecule has 2 unspecified atom stereocenters. The summed E-state index contributed by atoms with van der Waals surface area (Å²) in [5, 5.41) is 1.99. The molecular formula is C15H32Si. The highest BCUT2D eigenvalue weighted by molar-refractivity contribution is 6.98. The van der Waals surface area contributed by atoms with Crippen molar-refractivity contribution in [2.45, 2.75) is 95.8 Å². The first kappa shape index (κ1) is 14.3. The first-order valence-corrected chi connectivity index (χ1v) is 9.74. The highest BCUT2D eigenvalue weighted by Crippen LogP contribution is 2.90. The van der Waals surface area contributed by atoms with Crippen molar-refractivity contribution in [1.82, 2.24) is 0 Å². The van der Waals surface area contributed by atoms with Crippen molar-refractivity contribution in [3.05, 3.63) is 0 Å². The van der Waals surface area contributed by atoms with E-state index in [1.807, 2.05) is 0 Å². The molecule has 96 valence electrons. The van der Waals surface area contributed by atoms with Gasteiger partial charge in [-0.15, -0.1) is 0 Å². The molecule has 1 fully saturated rings. The Kier molecular flexibility index (Phi) is 3.45. The van der Waals surface area contributed by atoms with Gasteiger partial charge in [-0.2, -0.15) is 0 Å². The molecule has 16 heavy (non-hydrogen) atoms. The lowest BCUT2D eigenvalue weighted by Gasteiger charge is -2.38. The van der Waals surface area contributed by atoms with Crippen LogP contribution in [-0.4, -0.2) is 8.07 Å². The molecule has 0 aromatic heterocycles. The van der Waals surface area contributed by atoms with Crippen LogP contribution in [0.1, 0.15) is 74.1 Å². The third-order valence-corrected chi connectivity index (χ3v) is 16.6. The fourth-order valence-electron chi connectivity index (χ4n) is 5.09. The van der Waals surface area contributed by atoms with Gasteiger partial charge in [0.05, 0.1) is 8.07 Å². The molecule has 0 spiro atoms. The van der Waals surface area contributed by atoms with Crippen LogP contribution >= 0.6 is 0 Å². The summed E-state index contributed by atoms with van der Waals surface area (Å²) >= 11 is 0. The van der Waals surface area contributed by atoms with Gasteiger partial charge in [0, 0.05) is 0 Å². The standard InChI is InChI=1S/C15H32Si/c1-9-13(5,10-2)16(8)14(6,11-3)15(16,7)12-4/h9-12H2,1-8H3. The van der Waals surface area contributed by atoms with E-state index in [1.165, 1.54) is 25.7 Å². The van der Waals surface area contributed by atoms with Crippen LogP contribution in [0.3, 0.4) is 0 Å². The molecule has 0 N–H and O–H groups in total. The highest BCUT2D eigenvalue weighted by Gasteiger charge is 2.82. The Balaban J connectivity index is 3.22. The molecule has 0 aliphatic carbocycles. The second kappa shape index (κ2) is 3.86. The second-order valence-corrected chi connectivity index (χ2v) is 12.4. The van der Waals surface area contributed by atoms with Crippen molar-refractivity contribution in [2.24, 2.45) is 0 Å². The molecule has 0 saturated carbocycles. The zero-order chi connectivity index (χ0) is 12.8. The van der Waals surface area contributed by atoms with Gasteiger partial charge in [-0.3, -0.25) is 0 Å². The van der Waals surface area contributed by atoms with Crippen molar-refractivity contribution in [2.75, 3.05) is 0 Å². The maximum atomic E-state index is 2.70. The molecule has 1 rings (SSSR count). The maximum absolute atomic E-state index is 2.70. The van der Waals surface area contributed by atoms with Crippen LogP contribution in [0.15, 0.2) is 0 Å². The third-order valence-electron chi connectivity index (χ3n) is 7.54. The van der Waals surface area contributed by atoms with E-state index >= 15 is 0 Å². The molecule has 2 atom stereocenters. The molecule has 1 saturated heterocycles. The van der Waals surface area contributed by atoms with E-state index in [4.69, 9.17) is 0 Å². The van der Waals surface area contributed by atoms with E-state index in [1.54, 1.807) is 0 Å². The van der Waals surface area contributed by atoms with Gasteiger partial charge in [-0.1, -0.05) is 80.7 Å². The van der Waals surface area contributed by atoms with Crippen molar-refractivity contribution in [1.29, 1.82) is 0 Å². The Morgan fingerprint density at radius 3 is 1.38 bits per heavy atom. The molecule has 0 radical (unpaired) electrons. The summed E-state index contributed by atoms with van der Waals surface area (Å²) in [6, 6.07) is 0. The Morgan fingerprint density at radius 2 is 1.19 bits per heavy atom. The fourth-order valence-corrected chi connectivity index (χ4v) is 14.1. The first-order chi connectivity index (χ1) is 7.24. The average molecular weight is 241 g/mol. The molecule has 1 heteroatoms. The minimum atomic E-state index is -1.17. The highest BCUT2D eigenvalue weighted by atomic mass is 28.3. The van der Waals surface area contributed by atoms with Gasteiger partial charge in [0.2, 0.25) is 0 Å². The lowest BCUT2D eigenvalue weighted by atomic mass is 9.92. The number of hydrogen-bond donors (Lipinski definition) is 0. The van der Waals surface area contributed by atoms with Crippen LogP contribution in [-0.2, 0) is 0 Å². The molecule has 1 heterocycles. The van der Waals surface area contributed by atoms with Crippen LogP contribution in [0.2, 0.25) is 21.7 Å². The van der Waals surface area contributed by atoms with Crippen LogP contribution in [0.4, 0.5) is 0 Å². The minimum Gasteiger partial charge on any atom is -0.0679 e. The number of rotatable bonds is 5. The summed E-state index contributed by atoms with van der Waals surface area (Å²) in [5.41, 5.74) is 0. The van der Waals surface area contributed by atoms with E-state index < -0.39 is 8.07 Å². The predicted molar refractivity (Wildman–Crippen MR) is 77.9 cm³/mol. The van der Waals surface area contributed by atoms with Gasteiger partial charge in [0.15, 0.2) is 0 Å². The third kappa shape index (κ3) is 1.16. The maximum Gasteiger partial charge on any atom is 0.0687 e. The quantitative estimate of drug-likeness (QED) is 0.517. The van der Waals surface area contributed by atoms with Crippen LogP contribution in [0, 0.1) is 0 Å². The van der Waals surface area contributed by atoms with Gasteiger partial charge < -0.3 is 0 Å². The molecule has 0 amide bonds. The van der Waals surface area contributed by atoms with Crippen molar-refractivity contribution in [3.8, 4) is 0 Å². The van der Waals surface area contributed by atoms with E-state index in [9.17, 15) is 0 Å². The summed E-state index contributed by atoms with van der Waals surface area (Å²) in [4.78, 5) is 0. The normalized spacial score (nSPS) is 43.5. The largest absolute Gasteiger partial charge is 0.0687 e. The molecule has 1 aliphatic heterocycles. The van der Waals surface area contributed by atoms with E-state index in [0.717, 1.165) is 0 Å². The summed E-state index contributed by atoms with van der Waals surface area (Å²) in [6.45, 7) is 20.1. The molecule has 0 aromatic rings. The molecule has 0 nitrogen and oxygen atoms in total. The second-order valence-electron chi connectivity index (χ2n) is 6.76. The summed E-state index contributed by atoms with van der Waals surface area (Å²) < 4.78 is 0. The topological polar surface area (TPSA) is 0 Å². The number of hydrogen-bond acceptors (Lipinski definition) is 0. The van der Waals surface area contributed by atoms with E-state index in [-0.39, 0.29) is 0 Å². The fraction of sp³-hybridized carbons (Fsp3) is 1.00. The Bertz CT molecular complexity index is 230. The Morgan fingerprint density at radius 1 is 0.875 bits per heavy atom. The summed E-state index contributed by atoms with van der Waals surface area (Å²) in [5.74, 6) is 0. The van der Waals surface area contributed by atoms with E-state index in [0.29, 0.717) is 15.1 Å². The van der Waals surface area contributed by atoms with E-state index in [2.05, 4.69) is 55.0 Å². The zero-order valence-electron chi connectivity index (χ0n) is 12.8. The summed E-state index contributed by atoms with van der Waals surface area (Å²) in [6.07, 6.45) is 5.51. The van der Waals surface area contributed by atoms with Crippen molar-refractivity contribution >= 4 is 8.07 Å². The lowest BCUT2D eigenvalue weighted by Crippen LogP contribution is -2.35. The van der Waals surface area contributed by atoms with Gasteiger partial charge in [0.1, 0.15) is 0 Å². The molecular weight excluding hydrogens is 208 g/mol. The van der Waals surface area contributed by atoms with Crippen LogP contribution in [0.5, 0.6) is 0 Å². The van der Waals surface area contributed by atoms with Gasteiger partial charge in [0.25, 0.3) is 0 Å². The summed E-state index contributed by atoms with van der Waals surface area (Å²) in [7, 11) is -1.17. The Hall–Kier alpha value is 0.217. The van der Waals surface area contributed by atoms with Crippen molar-refractivity contribution in [3.63, 3.8) is 0 Å². The SMILES string of the molecule is CCC(C)(CC)[Si]1(C)C(C)(CC)C1(C)CC. The molecule has 0 aromatic carbocycles. The van der Waals surface area contributed by atoms with Crippen molar-refractivity contribution < 1.29 is 0 Å². The van der Waals surface area contributed by atoms with Crippen LogP contribution in [0.25, 0.3) is 0 Å². The molecule has 1 aliphatic rings. The molecule has 0 bridgehead atoms. The smallest absolute Gasteiger partial charge is 0.0679 e. The monoisotopic (exact) mass is 240 g/mol. The zero-order valence-corrected chi connectivity index (χ0v) is 13.8. The van der Waals surface area contributed by atoms with Gasteiger partial charge in [-0.25, -0.2) is 0 Å². The average Bonchev–Trinajstić information content (AvgIpc) is 2.72. The minimum absolute atomic E-state index is 0.641.